The average Bonchev–Trinajstić information content (AvgIpc) is 2.29. The molecule has 1 amide bonds. The summed E-state index contributed by atoms with van der Waals surface area (Å²) in [6.07, 6.45) is 0. The van der Waals surface area contributed by atoms with Crippen LogP contribution in [-0.2, 0) is 4.79 Å². The molecule has 1 aromatic heterocycles. The van der Waals surface area contributed by atoms with Gasteiger partial charge in [0.15, 0.2) is 0 Å². The molecule has 0 aliphatic carbocycles. The summed E-state index contributed by atoms with van der Waals surface area (Å²) in [6, 6.07) is 11.5. The number of aromatic nitrogens is 1. The predicted octanol–water partition coefficient (Wildman–Crippen LogP) is 1.39. The molecule has 2 rings (SSSR count). The standard InChI is InChI=1S/C12H13N3O/c1-13-8-12(16)15-11-7-6-9-4-2-3-5-10(9)14-11/h2-7,13H,8H2,1H3,(H,14,15,16). The molecule has 0 aliphatic rings. The molecule has 2 aromatic rings. The summed E-state index contributed by atoms with van der Waals surface area (Å²) in [4.78, 5) is 15.7. The summed E-state index contributed by atoms with van der Waals surface area (Å²) < 4.78 is 0. The van der Waals surface area contributed by atoms with Crippen molar-refractivity contribution in [1.82, 2.24) is 10.3 Å². The van der Waals surface area contributed by atoms with Gasteiger partial charge in [0.1, 0.15) is 5.82 Å². The molecule has 0 saturated heterocycles. The van der Waals surface area contributed by atoms with Crippen LogP contribution in [0.25, 0.3) is 10.9 Å². The number of hydrogen-bond acceptors (Lipinski definition) is 3. The normalized spacial score (nSPS) is 10.3. The molecular weight excluding hydrogens is 202 g/mol. The fraction of sp³-hybridized carbons (Fsp3) is 0.167. The molecule has 4 heteroatoms. The van der Waals surface area contributed by atoms with Crippen LogP contribution in [0.4, 0.5) is 5.82 Å². The lowest BCUT2D eigenvalue weighted by atomic mass is 10.2. The molecule has 0 atom stereocenters. The zero-order valence-electron chi connectivity index (χ0n) is 9.03. The number of nitrogens with zero attached hydrogens (tertiary/aromatic N) is 1. The zero-order valence-corrected chi connectivity index (χ0v) is 9.03. The number of pyridine rings is 1. The van der Waals surface area contributed by atoms with E-state index in [1.807, 2.05) is 30.3 Å². The van der Waals surface area contributed by atoms with E-state index in [1.54, 1.807) is 13.1 Å². The number of amides is 1. The first-order chi connectivity index (χ1) is 7.79. The number of benzene rings is 1. The van der Waals surface area contributed by atoms with E-state index >= 15 is 0 Å². The Morgan fingerprint density at radius 2 is 2.06 bits per heavy atom. The van der Waals surface area contributed by atoms with Crippen LogP contribution in [0.15, 0.2) is 36.4 Å². The van der Waals surface area contributed by atoms with E-state index in [1.165, 1.54) is 0 Å². The van der Waals surface area contributed by atoms with Crippen LogP contribution >= 0.6 is 0 Å². The third kappa shape index (κ3) is 2.35. The molecule has 4 nitrogen and oxygen atoms in total. The number of carbonyl (C=O) groups excluding carboxylic acids is 1. The van der Waals surface area contributed by atoms with Gasteiger partial charge in [0.2, 0.25) is 5.91 Å². The Morgan fingerprint density at radius 3 is 2.88 bits per heavy atom. The van der Waals surface area contributed by atoms with Gasteiger partial charge in [-0.25, -0.2) is 4.98 Å². The highest BCUT2D eigenvalue weighted by Crippen LogP contribution is 2.14. The van der Waals surface area contributed by atoms with Gasteiger partial charge in [-0.3, -0.25) is 4.79 Å². The largest absolute Gasteiger partial charge is 0.311 e. The number of hydrogen-bond donors (Lipinski definition) is 2. The van der Waals surface area contributed by atoms with E-state index in [4.69, 9.17) is 0 Å². The molecule has 0 bridgehead atoms. The molecule has 2 N–H and O–H groups in total. The van der Waals surface area contributed by atoms with Crippen molar-refractivity contribution in [2.45, 2.75) is 0 Å². The van der Waals surface area contributed by atoms with Gasteiger partial charge in [0, 0.05) is 5.39 Å². The van der Waals surface area contributed by atoms with E-state index < -0.39 is 0 Å². The molecule has 0 aliphatic heterocycles. The number of rotatable bonds is 3. The third-order valence-electron chi connectivity index (χ3n) is 2.20. The van der Waals surface area contributed by atoms with Crippen LogP contribution in [0.5, 0.6) is 0 Å². The second-order valence-corrected chi connectivity index (χ2v) is 3.47. The number of fused-ring (bicyclic) bond motifs is 1. The minimum Gasteiger partial charge on any atom is -0.311 e. The number of anilines is 1. The van der Waals surface area contributed by atoms with Gasteiger partial charge < -0.3 is 10.6 Å². The summed E-state index contributed by atoms with van der Waals surface area (Å²) in [5.41, 5.74) is 0.879. The number of carbonyl (C=O) groups is 1. The Labute approximate surface area is 93.7 Å². The first-order valence-electron chi connectivity index (χ1n) is 5.10. The fourth-order valence-corrected chi connectivity index (χ4v) is 1.48. The van der Waals surface area contributed by atoms with Crippen molar-refractivity contribution in [3.8, 4) is 0 Å². The molecule has 82 valence electrons. The Bertz CT molecular complexity index is 510. The van der Waals surface area contributed by atoms with Gasteiger partial charge in [-0.2, -0.15) is 0 Å². The Morgan fingerprint density at radius 1 is 1.25 bits per heavy atom. The first-order valence-corrected chi connectivity index (χ1v) is 5.10. The summed E-state index contributed by atoms with van der Waals surface area (Å²) in [5.74, 6) is 0.490. The van der Waals surface area contributed by atoms with E-state index in [0.29, 0.717) is 5.82 Å². The second kappa shape index (κ2) is 4.72. The van der Waals surface area contributed by atoms with Gasteiger partial charge in [-0.15, -0.1) is 0 Å². The second-order valence-electron chi connectivity index (χ2n) is 3.47. The lowest BCUT2D eigenvalue weighted by Gasteiger charge is -2.04. The van der Waals surface area contributed by atoms with Crippen LogP contribution in [0, 0.1) is 0 Å². The molecule has 0 saturated carbocycles. The minimum absolute atomic E-state index is 0.0923. The molecule has 1 heterocycles. The lowest BCUT2D eigenvalue weighted by molar-refractivity contribution is -0.115. The van der Waals surface area contributed by atoms with Gasteiger partial charge >= 0.3 is 0 Å². The molecule has 0 unspecified atom stereocenters. The highest BCUT2D eigenvalue weighted by Gasteiger charge is 2.02. The van der Waals surface area contributed by atoms with Crippen molar-refractivity contribution >= 4 is 22.6 Å². The first kappa shape index (κ1) is 10.6. The highest BCUT2D eigenvalue weighted by atomic mass is 16.1. The van der Waals surface area contributed by atoms with E-state index in [2.05, 4.69) is 15.6 Å². The minimum atomic E-state index is -0.0923. The van der Waals surface area contributed by atoms with Crippen LogP contribution in [0.3, 0.4) is 0 Å². The van der Waals surface area contributed by atoms with Gasteiger partial charge in [-0.05, 0) is 25.2 Å². The molecule has 0 spiro atoms. The number of likely N-dealkylation sites (N-methyl/N-ethyl adjacent to an activating group) is 1. The maximum atomic E-state index is 11.3. The van der Waals surface area contributed by atoms with Crippen LogP contribution in [0.2, 0.25) is 0 Å². The third-order valence-corrected chi connectivity index (χ3v) is 2.20. The van der Waals surface area contributed by atoms with E-state index in [9.17, 15) is 4.79 Å². The summed E-state index contributed by atoms with van der Waals surface area (Å²) >= 11 is 0. The van der Waals surface area contributed by atoms with Gasteiger partial charge in [0.25, 0.3) is 0 Å². The van der Waals surface area contributed by atoms with E-state index in [-0.39, 0.29) is 12.5 Å². The Kier molecular flexibility index (Phi) is 3.12. The zero-order chi connectivity index (χ0) is 11.4. The maximum Gasteiger partial charge on any atom is 0.239 e. The summed E-state index contributed by atoms with van der Waals surface area (Å²) in [5, 5.41) is 6.57. The molecule has 0 radical (unpaired) electrons. The Balaban J connectivity index is 2.22. The van der Waals surface area contributed by atoms with Crippen molar-refractivity contribution < 1.29 is 4.79 Å². The van der Waals surface area contributed by atoms with Crippen molar-refractivity contribution in [3.05, 3.63) is 36.4 Å². The quantitative estimate of drug-likeness (QED) is 0.813. The average molecular weight is 215 g/mol. The smallest absolute Gasteiger partial charge is 0.239 e. The molecule has 0 fully saturated rings. The molecule has 16 heavy (non-hydrogen) atoms. The van der Waals surface area contributed by atoms with Crippen molar-refractivity contribution in [2.24, 2.45) is 0 Å². The van der Waals surface area contributed by atoms with Crippen molar-refractivity contribution in [3.63, 3.8) is 0 Å². The Hall–Kier alpha value is -1.94. The SMILES string of the molecule is CNCC(=O)Nc1ccc2ccccc2n1. The fourth-order valence-electron chi connectivity index (χ4n) is 1.48. The van der Waals surface area contributed by atoms with Crippen molar-refractivity contribution in [2.75, 3.05) is 18.9 Å². The predicted molar refractivity (Wildman–Crippen MR) is 64.3 cm³/mol. The molecule has 1 aromatic carbocycles. The monoisotopic (exact) mass is 215 g/mol. The van der Waals surface area contributed by atoms with Gasteiger partial charge in [0.05, 0.1) is 12.1 Å². The maximum absolute atomic E-state index is 11.3. The van der Waals surface area contributed by atoms with Crippen molar-refractivity contribution in [1.29, 1.82) is 0 Å². The van der Waals surface area contributed by atoms with E-state index in [0.717, 1.165) is 10.9 Å². The topological polar surface area (TPSA) is 54.0 Å². The summed E-state index contributed by atoms with van der Waals surface area (Å²) in [7, 11) is 1.73. The number of para-hydroxylation sites is 1. The number of nitrogens with one attached hydrogen (secondary N) is 2. The van der Waals surface area contributed by atoms with Crippen LogP contribution in [0.1, 0.15) is 0 Å². The molecular formula is C12H13N3O. The lowest BCUT2D eigenvalue weighted by Crippen LogP contribution is -2.25. The highest BCUT2D eigenvalue weighted by molar-refractivity contribution is 5.92. The van der Waals surface area contributed by atoms with Crippen LogP contribution < -0.4 is 10.6 Å². The summed E-state index contributed by atoms with van der Waals surface area (Å²) in [6.45, 7) is 0.286. The van der Waals surface area contributed by atoms with Gasteiger partial charge in [-0.1, -0.05) is 18.2 Å². The van der Waals surface area contributed by atoms with Crippen LogP contribution in [-0.4, -0.2) is 24.5 Å².